The van der Waals surface area contributed by atoms with Crippen molar-refractivity contribution >= 4 is 5.69 Å². The third-order valence-electron chi connectivity index (χ3n) is 1.98. The molecule has 0 amide bonds. The maximum atomic E-state index is 5.82. The van der Waals surface area contributed by atoms with Crippen LogP contribution in [-0.4, -0.2) is 9.78 Å². The molecule has 0 fully saturated rings. The Hall–Kier alpha value is -0.990. The molecule has 0 aliphatic rings. The quantitative estimate of drug-likeness (QED) is 0.640. The summed E-state index contributed by atoms with van der Waals surface area (Å²) in [7, 11) is 0. The zero-order valence-corrected chi connectivity index (χ0v) is 8.47. The van der Waals surface area contributed by atoms with Crippen LogP contribution < -0.4 is 5.73 Å². The lowest BCUT2D eigenvalue weighted by Crippen LogP contribution is -2.24. The van der Waals surface area contributed by atoms with Crippen LogP contribution in [0.5, 0.6) is 0 Å². The first-order valence-electron chi connectivity index (χ1n) is 4.16. The van der Waals surface area contributed by atoms with E-state index < -0.39 is 0 Å². The van der Waals surface area contributed by atoms with Crippen molar-refractivity contribution in [3.8, 4) is 0 Å². The molecule has 0 atom stereocenters. The van der Waals surface area contributed by atoms with E-state index in [-0.39, 0.29) is 5.54 Å². The molecule has 0 saturated heterocycles. The van der Waals surface area contributed by atoms with Crippen molar-refractivity contribution in [1.82, 2.24) is 9.78 Å². The molecule has 0 aromatic carbocycles. The molecule has 0 radical (unpaired) electrons. The molecular formula is C9H17N3. The average molecular weight is 167 g/mol. The van der Waals surface area contributed by atoms with Gasteiger partial charge in [0.1, 0.15) is 0 Å². The van der Waals surface area contributed by atoms with Gasteiger partial charge < -0.3 is 5.73 Å². The Morgan fingerprint density at radius 2 is 1.75 bits per heavy atom. The van der Waals surface area contributed by atoms with E-state index in [0.29, 0.717) is 0 Å². The summed E-state index contributed by atoms with van der Waals surface area (Å²) in [5, 5.41) is 4.37. The minimum absolute atomic E-state index is 0.0203. The highest BCUT2D eigenvalue weighted by Gasteiger charge is 2.18. The fourth-order valence-corrected chi connectivity index (χ4v) is 1.31. The van der Waals surface area contributed by atoms with Gasteiger partial charge in [-0.3, -0.25) is 4.68 Å². The van der Waals surface area contributed by atoms with Gasteiger partial charge in [0.25, 0.3) is 0 Å². The molecule has 1 rings (SSSR count). The van der Waals surface area contributed by atoms with Crippen LogP contribution in [0.3, 0.4) is 0 Å². The van der Waals surface area contributed by atoms with Gasteiger partial charge in [-0.2, -0.15) is 5.10 Å². The minimum atomic E-state index is 0.0203. The van der Waals surface area contributed by atoms with E-state index in [2.05, 4.69) is 25.9 Å². The Labute approximate surface area is 73.6 Å². The molecule has 0 spiro atoms. The van der Waals surface area contributed by atoms with Gasteiger partial charge in [0.15, 0.2) is 0 Å². The lowest BCUT2D eigenvalue weighted by atomic mass is 10.1. The molecule has 1 aromatic rings. The van der Waals surface area contributed by atoms with Crippen molar-refractivity contribution < 1.29 is 0 Å². The topological polar surface area (TPSA) is 43.8 Å². The summed E-state index contributed by atoms with van der Waals surface area (Å²) in [5.41, 5.74) is 8.62. The maximum Gasteiger partial charge on any atom is 0.0826 e. The number of hydrogen-bond acceptors (Lipinski definition) is 2. The van der Waals surface area contributed by atoms with Crippen LogP contribution >= 0.6 is 0 Å². The second kappa shape index (κ2) is 2.51. The van der Waals surface area contributed by atoms with Crippen molar-refractivity contribution in [2.24, 2.45) is 0 Å². The molecule has 3 nitrogen and oxygen atoms in total. The van der Waals surface area contributed by atoms with E-state index in [4.69, 9.17) is 5.73 Å². The molecule has 0 aliphatic carbocycles. The number of nitrogens with two attached hydrogens (primary N) is 1. The van der Waals surface area contributed by atoms with Crippen LogP contribution in [0.25, 0.3) is 0 Å². The third-order valence-corrected chi connectivity index (χ3v) is 1.98. The molecule has 68 valence electrons. The molecular weight excluding hydrogens is 150 g/mol. The van der Waals surface area contributed by atoms with Gasteiger partial charge >= 0.3 is 0 Å². The van der Waals surface area contributed by atoms with E-state index in [1.54, 1.807) is 0 Å². The molecule has 1 aromatic heterocycles. The van der Waals surface area contributed by atoms with E-state index in [1.165, 1.54) is 0 Å². The second-order valence-corrected chi connectivity index (χ2v) is 4.17. The molecule has 0 aliphatic heterocycles. The highest BCUT2D eigenvalue weighted by atomic mass is 15.3. The number of hydrogen-bond donors (Lipinski definition) is 1. The lowest BCUT2D eigenvalue weighted by molar-refractivity contribution is 0.347. The van der Waals surface area contributed by atoms with Crippen LogP contribution in [0.1, 0.15) is 32.2 Å². The van der Waals surface area contributed by atoms with E-state index in [1.807, 2.05) is 18.5 Å². The summed E-state index contributed by atoms with van der Waals surface area (Å²) in [6.45, 7) is 10.3. The Morgan fingerprint density at radius 3 is 1.92 bits per heavy atom. The van der Waals surface area contributed by atoms with Gasteiger partial charge in [-0.1, -0.05) is 0 Å². The predicted octanol–water partition coefficient (Wildman–Crippen LogP) is 1.84. The summed E-state index contributed by atoms with van der Waals surface area (Å²) in [4.78, 5) is 0. The summed E-state index contributed by atoms with van der Waals surface area (Å²) >= 11 is 0. The van der Waals surface area contributed by atoms with Gasteiger partial charge in [0.05, 0.1) is 22.6 Å². The summed E-state index contributed by atoms with van der Waals surface area (Å²) in [5.74, 6) is 0. The first-order valence-corrected chi connectivity index (χ1v) is 4.16. The van der Waals surface area contributed by atoms with Gasteiger partial charge in [0, 0.05) is 0 Å². The molecule has 0 unspecified atom stereocenters. The monoisotopic (exact) mass is 167 g/mol. The minimum Gasteiger partial charge on any atom is -0.396 e. The average Bonchev–Trinajstić information content (AvgIpc) is 2.15. The largest absolute Gasteiger partial charge is 0.396 e. The van der Waals surface area contributed by atoms with Gasteiger partial charge in [0.2, 0.25) is 0 Å². The zero-order chi connectivity index (χ0) is 9.52. The third kappa shape index (κ3) is 1.31. The van der Waals surface area contributed by atoms with Gasteiger partial charge in [-0.25, -0.2) is 0 Å². The van der Waals surface area contributed by atoms with E-state index >= 15 is 0 Å². The number of aromatic nitrogens is 2. The normalized spacial score (nSPS) is 12.1. The standard InChI is InChI=1S/C9H17N3/c1-6-8(10)7(2)12(11-6)9(3,4)5/h10H2,1-5H3. The molecule has 3 heteroatoms. The first kappa shape index (κ1) is 9.10. The molecule has 0 saturated carbocycles. The summed E-state index contributed by atoms with van der Waals surface area (Å²) in [6.07, 6.45) is 0. The first-order chi connectivity index (χ1) is 5.34. The number of nitrogen functional groups attached to an aromatic ring is 1. The van der Waals surface area contributed by atoms with Crippen LogP contribution in [0, 0.1) is 13.8 Å². The fraction of sp³-hybridized carbons (Fsp3) is 0.667. The van der Waals surface area contributed by atoms with Crippen molar-refractivity contribution in [3.63, 3.8) is 0 Å². The van der Waals surface area contributed by atoms with Crippen LogP contribution in [0.15, 0.2) is 0 Å². The second-order valence-electron chi connectivity index (χ2n) is 4.17. The molecule has 0 bridgehead atoms. The number of nitrogens with zero attached hydrogens (tertiary/aromatic N) is 2. The predicted molar refractivity (Wildman–Crippen MR) is 51.1 cm³/mol. The Bertz CT molecular complexity index is 291. The SMILES string of the molecule is Cc1nn(C(C)(C)C)c(C)c1N. The maximum absolute atomic E-state index is 5.82. The lowest BCUT2D eigenvalue weighted by Gasteiger charge is -2.21. The Kier molecular flexibility index (Phi) is 1.90. The highest BCUT2D eigenvalue weighted by molar-refractivity contribution is 5.47. The fourth-order valence-electron chi connectivity index (χ4n) is 1.31. The Balaban J connectivity index is 3.28. The van der Waals surface area contributed by atoms with Crippen LogP contribution in [-0.2, 0) is 5.54 Å². The zero-order valence-electron chi connectivity index (χ0n) is 8.47. The van der Waals surface area contributed by atoms with Crippen LogP contribution in [0.4, 0.5) is 5.69 Å². The van der Waals surface area contributed by atoms with Crippen molar-refractivity contribution in [3.05, 3.63) is 11.4 Å². The number of aryl methyl sites for hydroxylation is 1. The molecule has 2 N–H and O–H groups in total. The summed E-state index contributed by atoms with van der Waals surface area (Å²) < 4.78 is 1.97. The van der Waals surface area contributed by atoms with E-state index in [9.17, 15) is 0 Å². The van der Waals surface area contributed by atoms with Crippen molar-refractivity contribution in [2.45, 2.75) is 40.2 Å². The molecule has 1 heterocycles. The van der Waals surface area contributed by atoms with Crippen LogP contribution in [0.2, 0.25) is 0 Å². The van der Waals surface area contributed by atoms with E-state index in [0.717, 1.165) is 17.1 Å². The Morgan fingerprint density at radius 1 is 1.25 bits per heavy atom. The van der Waals surface area contributed by atoms with Gasteiger partial charge in [-0.05, 0) is 34.6 Å². The van der Waals surface area contributed by atoms with Gasteiger partial charge in [-0.15, -0.1) is 0 Å². The number of anilines is 1. The smallest absolute Gasteiger partial charge is 0.0826 e. The van der Waals surface area contributed by atoms with Crippen molar-refractivity contribution in [2.75, 3.05) is 5.73 Å². The number of rotatable bonds is 0. The summed E-state index contributed by atoms with van der Waals surface area (Å²) in [6, 6.07) is 0. The highest BCUT2D eigenvalue weighted by Crippen LogP contribution is 2.22. The molecule has 12 heavy (non-hydrogen) atoms. The van der Waals surface area contributed by atoms with Crippen molar-refractivity contribution in [1.29, 1.82) is 0 Å².